The van der Waals surface area contributed by atoms with Gasteiger partial charge in [-0.25, -0.2) is 4.39 Å². The number of hydrogen-bond acceptors (Lipinski definition) is 3. The number of rotatable bonds is 6. The van der Waals surface area contributed by atoms with Crippen molar-refractivity contribution in [1.29, 1.82) is 0 Å². The number of benzene rings is 2. The molecule has 154 valence electrons. The molecule has 0 spiro atoms. The van der Waals surface area contributed by atoms with E-state index < -0.39 is 0 Å². The second-order valence-electron chi connectivity index (χ2n) is 7.82. The van der Waals surface area contributed by atoms with E-state index in [4.69, 9.17) is 0 Å². The van der Waals surface area contributed by atoms with Crippen LogP contribution >= 0.6 is 0 Å². The van der Waals surface area contributed by atoms with Gasteiger partial charge in [0.25, 0.3) is 0 Å². The number of hydrogen-bond donors (Lipinski definition) is 0. The summed E-state index contributed by atoms with van der Waals surface area (Å²) in [7, 11) is 0. The third-order valence-electron chi connectivity index (χ3n) is 5.70. The molecule has 0 radical (unpaired) electrons. The van der Waals surface area contributed by atoms with E-state index in [1.54, 1.807) is 24.5 Å². The maximum atomic E-state index is 13.3. The first-order valence-corrected chi connectivity index (χ1v) is 10.6. The van der Waals surface area contributed by atoms with Crippen molar-refractivity contribution in [3.63, 3.8) is 0 Å². The predicted octanol–water partition coefficient (Wildman–Crippen LogP) is 5.01. The molecule has 1 fully saturated rings. The van der Waals surface area contributed by atoms with E-state index in [1.165, 1.54) is 17.7 Å². The minimum Gasteiger partial charge on any atom is -0.342 e. The van der Waals surface area contributed by atoms with Gasteiger partial charge in [-0.1, -0.05) is 30.3 Å². The highest BCUT2D eigenvalue weighted by molar-refractivity contribution is 5.76. The Morgan fingerprint density at radius 2 is 1.80 bits per heavy atom. The number of aromatic nitrogens is 2. The van der Waals surface area contributed by atoms with Gasteiger partial charge in [0.15, 0.2) is 0 Å². The van der Waals surface area contributed by atoms with Crippen molar-refractivity contribution >= 4 is 5.91 Å². The monoisotopic (exact) mass is 403 g/mol. The molecular weight excluding hydrogens is 377 g/mol. The molecule has 0 aliphatic carbocycles. The number of amides is 1. The number of nitrogens with zero attached hydrogens (tertiary/aromatic N) is 3. The maximum absolute atomic E-state index is 13.3. The zero-order valence-electron chi connectivity index (χ0n) is 17.0. The van der Waals surface area contributed by atoms with Crippen LogP contribution in [0.15, 0.2) is 67.0 Å². The first-order valence-electron chi connectivity index (χ1n) is 10.6. The summed E-state index contributed by atoms with van der Waals surface area (Å²) in [5.41, 5.74) is 3.79. The van der Waals surface area contributed by atoms with Crippen molar-refractivity contribution < 1.29 is 9.18 Å². The van der Waals surface area contributed by atoms with Crippen molar-refractivity contribution in [2.45, 2.75) is 38.0 Å². The molecule has 1 aromatic heterocycles. The standard InChI is InChI=1S/C25H26FN3O/c26-22-13-11-20(12-14-22)24-25(28-16-15-27-24)21-9-5-17-29(18-21)23(30)10-4-8-19-6-2-1-3-7-19/h1-3,6-7,11-16,21H,4-5,8-10,17-18H2/t21-/m0/s1. The fourth-order valence-electron chi connectivity index (χ4n) is 4.15. The second-order valence-corrected chi connectivity index (χ2v) is 7.82. The third kappa shape index (κ3) is 4.90. The van der Waals surface area contributed by atoms with Gasteiger partial charge in [-0.05, 0) is 55.5 Å². The van der Waals surface area contributed by atoms with Gasteiger partial charge in [-0.15, -0.1) is 0 Å². The summed E-state index contributed by atoms with van der Waals surface area (Å²) in [6, 6.07) is 16.6. The number of likely N-dealkylation sites (tertiary alicyclic amines) is 1. The van der Waals surface area contributed by atoms with Gasteiger partial charge in [-0.2, -0.15) is 0 Å². The molecular formula is C25H26FN3O. The lowest BCUT2D eigenvalue weighted by atomic mass is 9.91. The Bertz CT molecular complexity index is 975. The smallest absolute Gasteiger partial charge is 0.222 e. The fraction of sp³-hybridized carbons (Fsp3) is 0.320. The fourth-order valence-corrected chi connectivity index (χ4v) is 4.15. The van der Waals surface area contributed by atoms with Crippen LogP contribution in [0.4, 0.5) is 4.39 Å². The molecule has 1 amide bonds. The van der Waals surface area contributed by atoms with Crippen LogP contribution in [0.1, 0.15) is 42.9 Å². The molecule has 1 aliphatic rings. The van der Waals surface area contributed by atoms with Gasteiger partial charge in [0.1, 0.15) is 5.82 Å². The van der Waals surface area contributed by atoms with Crippen molar-refractivity contribution in [2.24, 2.45) is 0 Å². The topological polar surface area (TPSA) is 46.1 Å². The zero-order chi connectivity index (χ0) is 20.8. The molecule has 1 aliphatic heterocycles. The van der Waals surface area contributed by atoms with E-state index in [0.29, 0.717) is 13.0 Å². The van der Waals surface area contributed by atoms with Gasteiger partial charge >= 0.3 is 0 Å². The van der Waals surface area contributed by atoms with Gasteiger partial charge in [0.2, 0.25) is 5.91 Å². The van der Waals surface area contributed by atoms with Gasteiger partial charge < -0.3 is 4.90 Å². The highest BCUT2D eigenvalue weighted by Gasteiger charge is 2.27. The Morgan fingerprint density at radius 3 is 2.60 bits per heavy atom. The normalized spacial score (nSPS) is 16.4. The van der Waals surface area contributed by atoms with Crippen LogP contribution in [0, 0.1) is 5.82 Å². The highest BCUT2D eigenvalue weighted by atomic mass is 19.1. The van der Waals surface area contributed by atoms with E-state index in [9.17, 15) is 9.18 Å². The number of carbonyl (C=O) groups is 1. The zero-order valence-corrected chi connectivity index (χ0v) is 17.0. The van der Waals surface area contributed by atoms with Gasteiger partial charge in [0.05, 0.1) is 11.4 Å². The maximum Gasteiger partial charge on any atom is 0.222 e. The Kier molecular flexibility index (Phi) is 6.47. The molecule has 2 heterocycles. The molecule has 5 heteroatoms. The summed E-state index contributed by atoms with van der Waals surface area (Å²) in [4.78, 5) is 23.9. The SMILES string of the molecule is O=C(CCCc1ccccc1)N1CCC[C@H](c2nccnc2-c2ccc(F)cc2)C1. The lowest BCUT2D eigenvalue weighted by Gasteiger charge is -2.33. The average molecular weight is 404 g/mol. The molecule has 0 N–H and O–H groups in total. The quantitative estimate of drug-likeness (QED) is 0.581. The van der Waals surface area contributed by atoms with E-state index in [0.717, 1.165) is 49.2 Å². The minimum atomic E-state index is -0.269. The molecule has 1 saturated heterocycles. The van der Waals surface area contributed by atoms with Crippen LogP contribution in [0.3, 0.4) is 0 Å². The molecule has 2 aromatic carbocycles. The van der Waals surface area contributed by atoms with Crippen LogP contribution in [-0.2, 0) is 11.2 Å². The minimum absolute atomic E-state index is 0.144. The van der Waals surface area contributed by atoms with Crippen LogP contribution in [0.5, 0.6) is 0 Å². The van der Waals surface area contributed by atoms with Crippen LogP contribution < -0.4 is 0 Å². The van der Waals surface area contributed by atoms with E-state index >= 15 is 0 Å². The third-order valence-corrected chi connectivity index (χ3v) is 5.70. The van der Waals surface area contributed by atoms with Crippen molar-refractivity contribution in [1.82, 2.24) is 14.9 Å². The van der Waals surface area contributed by atoms with Crippen LogP contribution in [0.25, 0.3) is 11.3 Å². The molecule has 4 rings (SSSR count). The Morgan fingerprint density at radius 1 is 1.03 bits per heavy atom. The van der Waals surface area contributed by atoms with Crippen LogP contribution in [-0.4, -0.2) is 33.9 Å². The van der Waals surface area contributed by atoms with Gasteiger partial charge in [-0.3, -0.25) is 14.8 Å². The van der Waals surface area contributed by atoms with E-state index in [2.05, 4.69) is 22.1 Å². The number of aryl methyl sites for hydroxylation is 1. The molecule has 3 aromatic rings. The second kappa shape index (κ2) is 9.61. The lowest BCUT2D eigenvalue weighted by Crippen LogP contribution is -2.39. The molecule has 0 saturated carbocycles. The van der Waals surface area contributed by atoms with E-state index in [-0.39, 0.29) is 17.6 Å². The van der Waals surface area contributed by atoms with Crippen molar-refractivity contribution in [3.05, 3.63) is 84.1 Å². The first-order chi connectivity index (χ1) is 14.7. The average Bonchev–Trinajstić information content (AvgIpc) is 2.80. The Balaban J connectivity index is 1.41. The predicted molar refractivity (Wildman–Crippen MR) is 115 cm³/mol. The molecule has 4 nitrogen and oxygen atoms in total. The summed E-state index contributed by atoms with van der Waals surface area (Å²) in [5, 5.41) is 0. The van der Waals surface area contributed by atoms with E-state index in [1.807, 2.05) is 23.1 Å². The number of piperidine rings is 1. The molecule has 0 unspecified atom stereocenters. The highest BCUT2D eigenvalue weighted by Crippen LogP contribution is 2.32. The summed E-state index contributed by atoms with van der Waals surface area (Å²) in [6.07, 6.45) is 7.63. The number of halogens is 1. The molecule has 0 bridgehead atoms. The Hall–Kier alpha value is -3.08. The van der Waals surface area contributed by atoms with Crippen LogP contribution in [0.2, 0.25) is 0 Å². The molecule has 1 atom stereocenters. The van der Waals surface area contributed by atoms with Gasteiger partial charge in [0, 0.05) is 43.4 Å². The van der Waals surface area contributed by atoms with Crippen molar-refractivity contribution in [2.75, 3.05) is 13.1 Å². The summed E-state index contributed by atoms with van der Waals surface area (Å²) >= 11 is 0. The Labute approximate surface area is 176 Å². The summed E-state index contributed by atoms with van der Waals surface area (Å²) in [5.74, 6) is 0.0857. The summed E-state index contributed by atoms with van der Waals surface area (Å²) < 4.78 is 13.3. The molecule has 30 heavy (non-hydrogen) atoms. The first kappa shape index (κ1) is 20.2. The van der Waals surface area contributed by atoms with Crippen molar-refractivity contribution in [3.8, 4) is 11.3 Å². The summed E-state index contributed by atoms with van der Waals surface area (Å²) in [6.45, 7) is 1.46. The number of carbonyl (C=O) groups excluding carboxylic acids is 1. The lowest BCUT2D eigenvalue weighted by molar-refractivity contribution is -0.132. The largest absolute Gasteiger partial charge is 0.342 e.